The second kappa shape index (κ2) is 14.3. The van der Waals surface area contributed by atoms with Crippen LogP contribution >= 0.6 is 27.5 Å². The number of hydrogen-bond acceptors (Lipinski definition) is 4. The van der Waals surface area contributed by atoms with E-state index in [1.54, 1.807) is 37.3 Å². The molecule has 1 atom stereocenters. The Hall–Kier alpha value is -3.09. The summed E-state index contributed by atoms with van der Waals surface area (Å²) in [6.45, 7) is 0.582. The summed E-state index contributed by atoms with van der Waals surface area (Å²) in [5, 5.41) is 2.71. The van der Waals surface area contributed by atoms with Crippen molar-refractivity contribution in [2.45, 2.75) is 68.7 Å². The van der Waals surface area contributed by atoms with Gasteiger partial charge >= 0.3 is 6.18 Å². The Morgan fingerprint density at radius 3 is 2.25 bits per heavy atom. The minimum atomic E-state index is -4.80. The molecule has 1 N–H and O–H groups in total. The van der Waals surface area contributed by atoms with E-state index in [-0.39, 0.29) is 22.5 Å². The van der Waals surface area contributed by atoms with Crippen LogP contribution in [-0.4, -0.2) is 43.8 Å². The highest BCUT2D eigenvalue weighted by Crippen LogP contribution is 2.37. The SMILES string of the molecule is CC(C(=O)NC1CCCCC1)N(Cc1ccc(Br)cc1)C(=O)CN(c1cc(C(F)(F)F)ccc1Cl)S(=O)(=O)c1ccccc1. The van der Waals surface area contributed by atoms with Gasteiger partial charge in [0.2, 0.25) is 11.8 Å². The minimum absolute atomic E-state index is 0.0396. The van der Waals surface area contributed by atoms with Gasteiger partial charge in [0, 0.05) is 17.1 Å². The number of carbonyl (C=O) groups is 2. The summed E-state index contributed by atoms with van der Waals surface area (Å²) < 4.78 is 70.3. The number of sulfonamides is 1. The van der Waals surface area contributed by atoms with Crippen LogP contribution in [0.2, 0.25) is 5.02 Å². The van der Waals surface area contributed by atoms with Crippen LogP contribution in [0.3, 0.4) is 0 Å². The third-order valence-corrected chi connectivity index (χ3v) is 10.2. The Bertz CT molecular complexity index is 1570. The van der Waals surface area contributed by atoms with Crippen molar-refractivity contribution < 1.29 is 31.2 Å². The summed E-state index contributed by atoms with van der Waals surface area (Å²) in [7, 11) is -4.59. The fraction of sp³-hybridized carbons (Fsp3) is 0.355. The third kappa shape index (κ3) is 8.33. The van der Waals surface area contributed by atoms with Gasteiger partial charge in [0.25, 0.3) is 10.0 Å². The van der Waals surface area contributed by atoms with Gasteiger partial charge < -0.3 is 10.2 Å². The Morgan fingerprint density at radius 2 is 1.64 bits per heavy atom. The number of nitrogens with one attached hydrogen (secondary N) is 1. The van der Waals surface area contributed by atoms with E-state index in [4.69, 9.17) is 11.6 Å². The molecule has 1 unspecified atom stereocenters. The van der Waals surface area contributed by atoms with Crippen molar-refractivity contribution >= 4 is 55.1 Å². The van der Waals surface area contributed by atoms with Crippen LogP contribution in [0.15, 0.2) is 82.2 Å². The van der Waals surface area contributed by atoms with E-state index in [0.717, 1.165) is 48.7 Å². The number of carbonyl (C=O) groups excluding carboxylic acids is 2. The second-order valence-electron chi connectivity index (χ2n) is 10.7. The highest BCUT2D eigenvalue weighted by Gasteiger charge is 2.36. The van der Waals surface area contributed by atoms with Crippen LogP contribution in [0, 0.1) is 0 Å². The maximum atomic E-state index is 14.1. The molecule has 2 amide bonds. The lowest BCUT2D eigenvalue weighted by Crippen LogP contribution is -2.53. The second-order valence-corrected chi connectivity index (χ2v) is 13.8. The first-order valence-electron chi connectivity index (χ1n) is 14.1. The first kappa shape index (κ1) is 33.8. The van der Waals surface area contributed by atoms with Gasteiger partial charge in [0.15, 0.2) is 0 Å². The molecule has 0 aromatic heterocycles. The summed E-state index contributed by atoms with van der Waals surface area (Å²) >= 11 is 9.66. The van der Waals surface area contributed by atoms with Gasteiger partial charge in [-0.05, 0) is 67.8 Å². The van der Waals surface area contributed by atoms with E-state index < -0.39 is 51.9 Å². The van der Waals surface area contributed by atoms with Crippen molar-refractivity contribution in [2.75, 3.05) is 10.8 Å². The third-order valence-electron chi connectivity index (χ3n) is 7.54. The largest absolute Gasteiger partial charge is 0.416 e. The van der Waals surface area contributed by atoms with Gasteiger partial charge in [-0.15, -0.1) is 0 Å². The maximum Gasteiger partial charge on any atom is 0.416 e. The molecule has 3 aromatic rings. The van der Waals surface area contributed by atoms with Crippen LogP contribution in [0.4, 0.5) is 18.9 Å². The summed E-state index contributed by atoms with van der Waals surface area (Å²) in [5.74, 6) is -1.20. The zero-order chi connectivity index (χ0) is 32.1. The molecule has 0 heterocycles. The maximum absolute atomic E-state index is 14.1. The molecule has 7 nitrogen and oxygen atoms in total. The Morgan fingerprint density at radius 1 is 1.00 bits per heavy atom. The molecule has 0 saturated heterocycles. The van der Waals surface area contributed by atoms with Crippen molar-refractivity contribution in [1.29, 1.82) is 0 Å². The standard InChI is InChI=1S/C31H32BrClF3N3O4S/c1-21(30(41)37-25-8-4-2-5-9-25)38(19-22-12-15-24(32)16-13-22)29(40)20-39(44(42,43)26-10-6-3-7-11-26)28-18-23(31(34,35)36)14-17-27(28)33/h3,6-7,10-18,21,25H,2,4-5,8-9,19-20H2,1H3,(H,37,41). The van der Waals surface area contributed by atoms with E-state index in [1.807, 2.05) is 0 Å². The van der Waals surface area contributed by atoms with Crippen molar-refractivity contribution in [2.24, 2.45) is 0 Å². The molecule has 0 radical (unpaired) electrons. The Balaban J connectivity index is 1.74. The zero-order valence-corrected chi connectivity index (χ0v) is 27.0. The molecule has 1 aliphatic rings. The molecule has 0 bridgehead atoms. The molecule has 1 aliphatic carbocycles. The van der Waals surface area contributed by atoms with E-state index in [1.165, 1.54) is 29.2 Å². The van der Waals surface area contributed by atoms with Gasteiger partial charge in [-0.25, -0.2) is 8.42 Å². The number of halogens is 5. The average molecular weight is 715 g/mol. The van der Waals surface area contributed by atoms with Crippen LogP contribution in [0.1, 0.15) is 50.2 Å². The fourth-order valence-corrected chi connectivity index (χ4v) is 7.03. The normalized spacial score (nSPS) is 15.0. The molecule has 3 aromatic carbocycles. The van der Waals surface area contributed by atoms with Gasteiger partial charge in [-0.2, -0.15) is 13.2 Å². The van der Waals surface area contributed by atoms with Crippen molar-refractivity contribution in [1.82, 2.24) is 10.2 Å². The van der Waals surface area contributed by atoms with Crippen molar-refractivity contribution in [3.63, 3.8) is 0 Å². The lowest BCUT2D eigenvalue weighted by atomic mass is 9.95. The van der Waals surface area contributed by atoms with Gasteiger partial charge in [-0.3, -0.25) is 13.9 Å². The lowest BCUT2D eigenvalue weighted by molar-refractivity contribution is -0.139. The Labute approximate surface area is 268 Å². The molecule has 1 fully saturated rings. The molecule has 44 heavy (non-hydrogen) atoms. The van der Waals surface area contributed by atoms with Gasteiger partial charge in [0.1, 0.15) is 12.6 Å². The first-order valence-corrected chi connectivity index (χ1v) is 16.7. The molecular weight excluding hydrogens is 683 g/mol. The van der Waals surface area contributed by atoms with E-state index in [2.05, 4.69) is 21.2 Å². The molecule has 4 rings (SSSR count). The number of benzene rings is 3. The number of alkyl halides is 3. The molecule has 13 heteroatoms. The van der Waals surface area contributed by atoms with Crippen molar-refractivity contribution in [3.05, 3.63) is 93.4 Å². The number of nitrogens with zero attached hydrogens (tertiary/aromatic N) is 2. The van der Waals surface area contributed by atoms with E-state index >= 15 is 0 Å². The summed E-state index contributed by atoms with van der Waals surface area (Å²) in [6.07, 6.45) is -0.132. The quantitative estimate of drug-likeness (QED) is 0.241. The predicted octanol–water partition coefficient (Wildman–Crippen LogP) is 7.18. The number of anilines is 1. The molecule has 0 aliphatic heterocycles. The molecular formula is C31H32BrClF3N3O4S. The highest BCUT2D eigenvalue weighted by atomic mass is 79.9. The molecule has 1 saturated carbocycles. The van der Waals surface area contributed by atoms with Crippen LogP contribution in [0.25, 0.3) is 0 Å². The smallest absolute Gasteiger partial charge is 0.352 e. The predicted molar refractivity (Wildman–Crippen MR) is 167 cm³/mol. The number of hydrogen-bond donors (Lipinski definition) is 1. The van der Waals surface area contributed by atoms with Crippen molar-refractivity contribution in [3.8, 4) is 0 Å². The lowest BCUT2D eigenvalue weighted by Gasteiger charge is -2.33. The minimum Gasteiger partial charge on any atom is -0.352 e. The van der Waals surface area contributed by atoms with Crippen LogP contribution < -0.4 is 9.62 Å². The highest BCUT2D eigenvalue weighted by molar-refractivity contribution is 9.10. The van der Waals surface area contributed by atoms with Crippen LogP contribution in [0.5, 0.6) is 0 Å². The summed E-state index contributed by atoms with van der Waals surface area (Å²) in [6, 6.07) is 15.3. The van der Waals surface area contributed by atoms with Gasteiger partial charge in [0.05, 0.1) is 21.2 Å². The van der Waals surface area contributed by atoms with Gasteiger partial charge in [-0.1, -0.05) is 77.1 Å². The number of amides is 2. The monoisotopic (exact) mass is 713 g/mol. The molecule has 0 spiro atoms. The van der Waals surface area contributed by atoms with E-state index in [0.29, 0.717) is 15.9 Å². The Kier molecular flexibility index (Phi) is 11.0. The fourth-order valence-electron chi connectivity index (χ4n) is 5.05. The summed E-state index contributed by atoms with van der Waals surface area (Å²) in [5.41, 5.74) is -0.986. The van der Waals surface area contributed by atoms with E-state index in [9.17, 15) is 31.2 Å². The summed E-state index contributed by atoms with van der Waals surface area (Å²) in [4.78, 5) is 28.5. The topological polar surface area (TPSA) is 86.8 Å². The average Bonchev–Trinajstić information content (AvgIpc) is 3.00. The number of rotatable bonds is 10. The first-order chi connectivity index (χ1) is 20.8. The van der Waals surface area contributed by atoms with Crippen LogP contribution in [-0.2, 0) is 32.3 Å². The molecule has 236 valence electrons. The zero-order valence-electron chi connectivity index (χ0n) is 23.9.